The molecule has 27 heavy (non-hydrogen) atoms. The number of hydrogen-bond donors (Lipinski definition) is 0. The van der Waals surface area contributed by atoms with Gasteiger partial charge in [-0.2, -0.15) is 0 Å². The highest BCUT2D eigenvalue weighted by Crippen LogP contribution is 2.39. The molecule has 1 aromatic carbocycles. The van der Waals surface area contributed by atoms with Crippen LogP contribution in [0.2, 0.25) is 0 Å². The van der Waals surface area contributed by atoms with E-state index in [-0.39, 0.29) is 0 Å². The Morgan fingerprint density at radius 1 is 0.963 bits per heavy atom. The summed E-state index contributed by atoms with van der Waals surface area (Å²) in [6, 6.07) is 4.62. The van der Waals surface area contributed by atoms with E-state index < -0.39 is 0 Å². The molecule has 0 bridgehead atoms. The summed E-state index contributed by atoms with van der Waals surface area (Å²) in [4.78, 5) is 5.34. The van der Waals surface area contributed by atoms with E-state index >= 15 is 0 Å². The van der Waals surface area contributed by atoms with E-state index in [0.29, 0.717) is 17.2 Å². The maximum atomic E-state index is 5.39. The van der Waals surface area contributed by atoms with Crippen molar-refractivity contribution in [3.8, 4) is 17.2 Å². The third-order valence-corrected chi connectivity index (χ3v) is 5.75. The molecule has 2 saturated heterocycles. The summed E-state index contributed by atoms with van der Waals surface area (Å²) in [5.41, 5.74) is 0.875. The summed E-state index contributed by atoms with van der Waals surface area (Å²) < 4.78 is 16.1. The minimum absolute atomic E-state index is 0.612. The van der Waals surface area contributed by atoms with Crippen molar-refractivity contribution >= 4 is 5.69 Å². The van der Waals surface area contributed by atoms with Gasteiger partial charge in [-0.25, -0.2) is 0 Å². The zero-order valence-corrected chi connectivity index (χ0v) is 17.1. The Hall–Kier alpha value is -1.66. The lowest BCUT2D eigenvalue weighted by molar-refractivity contribution is 0.0487. The van der Waals surface area contributed by atoms with Gasteiger partial charge in [-0.1, -0.05) is 6.42 Å². The number of unbranched alkanes of at least 4 members (excludes halogenated alkanes) is 1. The van der Waals surface area contributed by atoms with Crippen LogP contribution in [0.15, 0.2) is 12.1 Å². The number of ether oxygens (including phenoxy) is 3. The van der Waals surface area contributed by atoms with E-state index in [4.69, 9.17) is 19.5 Å². The first kappa shape index (κ1) is 20.1. The largest absolute Gasteiger partial charge is 0.493 e. The van der Waals surface area contributed by atoms with Crippen LogP contribution in [0, 0.1) is 0 Å². The quantitative estimate of drug-likeness (QED) is 0.620. The molecule has 3 rings (SSSR count). The van der Waals surface area contributed by atoms with Gasteiger partial charge in [0.05, 0.1) is 27.0 Å². The molecule has 0 aromatic heterocycles. The molecule has 2 heterocycles. The van der Waals surface area contributed by atoms with Gasteiger partial charge in [0.25, 0.3) is 0 Å². The first-order chi connectivity index (χ1) is 13.2. The average Bonchev–Trinajstić information content (AvgIpc) is 2.72. The molecule has 0 aliphatic carbocycles. The number of nitrogens with zero attached hydrogens (tertiary/aromatic N) is 3. The molecule has 1 aromatic rings. The second-order valence-electron chi connectivity index (χ2n) is 7.46. The predicted molar refractivity (Wildman–Crippen MR) is 108 cm³/mol. The van der Waals surface area contributed by atoms with Crippen LogP contribution in [0.4, 0.5) is 5.69 Å². The van der Waals surface area contributed by atoms with Crippen molar-refractivity contribution in [2.45, 2.75) is 38.1 Å². The smallest absolute Gasteiger partial charge is 0.203 e. The lowest BCUT2D eigenvalue weighted by atomic mass is 9.99. The monoisotopic (exact) mass is 376 g/mol. The first-order valence-corrected chi connectivity index (χ1v) is 10.2. The molecule has 0 spiro atoms. The Kier molecular flexibility index (Phi) is 7.47. The number of benzene rings is 1. The van der Waals surface area contributed by atoms with Crippen molar-refractivity contribution in [3.63, 3.8) is 0 Å². The zero-order chi connectivity index (χ0) is 19.1. The Morgan fingerprint density at radius 3 is 2.44 bits per heavy atom. The topological polar surface area (TPSA) is 48.3 Å². The van der Waals surface area contributed by atoms with Crippen LogP contribution in [-0.4, -0.2) is 76.4 Å². The van der Waals surface area contributed by atoms with Crippen molar-refractivity contribution in [1.82, 2.24) is 15.1 Å². The van der Waals surface area contributed by atoms with Crippen LogP contribution in [0.5, 0.6) is 17.2 Å². The minimum Gasteiger partial charge on any atom is -0.493 e. The molecule has 2 aliphatic heterocycles. The van der Waals surface area contributed by atoms with E-state index in [0.717, 1.165) is 24.7 Å². The third kappa shape index (κ3) is 5.20. The molecule has 6 heteroatoms. The summed E-state index contributed by atoms with van der Waals surface area (Å²) >= 11 is 0. The highest BCUT2D eigenvalue weighted by Gasteiger charge is 2.28. The van der Waals surface area contributed by atoms with E-state index in [1.165, 1.54) is 58.4 Å². The van der Waals surface area contributed by atoms with E-state index in [1.54, 1.807) is 21.3 Å². The second kappa shape index (κ2) is 10.0. The molecular formula is C21H34N3O3. The number of rotatable bonds is 9. The van der Waals surface area contributed by atoms with Gasteiger partial charge in [0.15, 0.2) is 11.5 Å². The Bertz CT molecular complexity index is 571. The van der Waals surface area contributed by atoms with Crippen molar-refractivity contribution < 1.29 is 14.2 Å². The Balaban J connectivity index is 1.40. The fourth-order valence-electron chi connectivity index (χ4n) is 4.24. The van der Waals surface area contributed by atoms with Crippen LogP contribution in [0.25, 0.3) is 0 Å². The van der Waals surface area contributed by atoms with Crippen molar-refractivity contribution in [1.29, 1.82) is 0 Å². The lowest BCUT2D eigenvalue weighted by Gasteiger charge is -2.44. The first-order valence-electron chi connectivity index (χ1n) is 10.2. The maximum absolute atomic E-state index is 5.39. The van der Waals surface area contributed by atoms with Gasteiger partial charge in [0, 0.05) is 44.4 Å². The van der Waals surface area contributed by atoms with Crippen LogP contribution in [-0.2, 0) is 0 Å². The fourth-order valence-corrected chi connectivity index (χ4v) is 4.24. The standard InChI is InChI=1S/C21H34N3O3/c1-25-19-14-17(15-20(26-2)21(19)27-3)22-9-5-7-10-23-12-13-24-11-6-4-8-18(24)16-23/h14-15,18H,4-13,16H2,1-3H3. The molecule has 2 fully saturated rings. The lowest BCUT2D eigenvalue weighted by Crippen LogP contribution is -2.54. The summed E-state index contributed by atoms with van der Waals surface area (Å²) in [5, 5.41) is 4.70. The number of piperazine rings is 1. The molecular weight excluding hydrogens is 342 g/mol. The Labute approximate surface area is 163 Å². The highest BCUT2D eigenvalue weighted by molar-refractivity contribution is 5.59. The maximum Gasteiger partial charge on any atom is 0.203 e. The van der Waals surface area contributed by atoms with Gasteiger partial charge < -0.3 is 19.1 Å². The average molecular weight is 377 g/mol. The van der Waals surface area contributed by atoms with Crippen LogP contribution >= 0.6 is 0 Å². The van der Waals surface area contributed by atoms with Gasteiger partial charge in [-0.3, -0.25) is 10.2 Å². The molecule has 2 aliphatic rings. The van der Waals surface area contributed by atoms with E-state index in [9.17, 15) is 0 Å². The predicted octanol–water partition coefficient (Wildman–Crippen LogP) is 2.90. The fraction of sp³-hybridized carbons (Fsp3) is 0.714. The number of hydrogen-bond acceptors (Lipinski definition) is 5. The summed E-state index contributed by atoms with van der Waals surface area (Å²) in [6.45, 7) is 7.05. The zero-order valence-electron chi connectivity index (χ0n) is 17.1. The van der Waals surface area contributed by atoms with Crippen molar-refractivity contribution in [3.05, 3.63) is 12.1 Å². The molecule has 6 nitrogen and oxygen atoms in total. The summed E-state index contributed by atoms with van der Waals surface area (Å²) in [7, 11) is 4.88. The molecule has 1 radical (unpaired) electrons. The molecule has 0 N–H and O–H groups in total. The van der Waals surface area contributed by atoms with Crippen molar-refractivity contribution in [2.75, 3.05) is 60.6 Å². The van der Waals surface area contributed by atoms with Gasteiger partial charge in [0.2, 0.25) is 5.75 Å². The third-order valence-electron chi connectivity index (χ3n) is 5.75. The SMILES string of the molecule is COc1cc([N]CCCCN2CCN3CCCCC3C2)cc(OC)c1OC. The number of fused-ring (bicyclic) bond motifs is 1. The molecule has 0 saturated carbocycles. The molecule has 1 atom stereocenters. The van der Waals surface area contributed by atoms with Crippen LogP contribution < -0.4 is 19.5 Å². The van der Waals surface area contributed by atoms with E-state index in [1.807, 2.05) is 12.1 Å². The van der Waals surface area contributed by atoms with E-state index in [2.05, 4.69) is 9.80 Å². The molecule has 1 unspecified atom stereocenters. The van der Waals surface area contributed by atoms with Gasteiger partial charge >= 0.3 is 0 Å². The minimum atomic E-state index is 0.612. The van der Waals surface area contributed by atoms with Crippen molar-refractivity contribution in [2.24, 2.45) is 0 Å². The normalized spacial score (nSPS) is 20.8. The molecule has 151 valence electrons. The summed E-state index contributed by atoms with van der Waals surface area (Å²) in [6.07, 6.45) is 6.47. The van der Waals surface area contributed by atoms with Gasteiger partial charge in [-0.15, -0.1) is 0 Å². The number of piperidine rings is 1. The second-order valence-corrected chi connectivity index (χ2v) is 7.46. The van der Waals surface area contributed by atoms with Gasteiger partial charge in [0.1, 0.15) is 0 Å². The Morgan fingerprint density at radius 2 is 1.74 bits per heavy atom. The van der Waals surface area contributed by atoms with Gasteiger partial charge in [-0.05, 0) is 38.8 Å². The van der Waals surface area contributed by atoms with Crippen LogP contribution in [0.3, 0.4) is 0 Å². The summed E-state index contributed by atoms with van der Waals surface area (Å²) in [5.74, 6) is 1.92. The highest BCUT2D eigenvalue weighted by atomic mass is 16.5. The number of methoxy groups -OCH3 is 3. The molecule has 0 amide bonds. The van der Waals surface area contributed by atoms with Crippen LogP contribution in [0.1, 0.15) is 32.1 Å².